The molecule has 3 aromatic rings. The zero-order valence-electron chi connectivity index (χ0n) is 15.2. The van der Waals surface area contributed by atoms with E-state index in [2.05, 4.69) is 20.8 Å². The van der Waals surface area contributed by atoms with Gasteiger partial charge in [0.1, 0.15) is 17.8 Å². The average molecular weight is 365 g/mol. The number of carbonyl (C=O) groups excluding carboxylic acids is 1. The predicted molar refractivity (Wildman–Crippen MR) is 101 cm³/mol. The van der Waals surface area contributed by atoms with Crippen LogP contribution in [0.2, 0.25) is 0 Å². The summed E-state index contributed by atoms with van der Waals surface area (Å²) in [4.78, 5) is 12.2. The average Bonchev–Trinajstić information content (AvgIpc) is 3.20. The molecule has 27 heavy (non-hydrogen) atoms. The number of nitrogens with zero attached hydrogens (tertiary/aromatic N) is 4. The Morgan fingerprint density at radius 1 is 1.11 bits per heavy atom. The number of benzene rings is 2. The molecule has 0 unspecified atom stereocenters. The van der Waals surface area contributed by atoms with Gasteiger partial charge in [0.15, 0.2) is 0 Å². The van der Waals surface area contributed by atoms with Gasteiger partial charge in [-0.2, -0.15) is 0 Å². The molecule has 3 rings (SSSR count). The fourth-order valence-electron chi connectivity index (χ4n) is 2.54. The summed E-state index contributed by atoms with van der Waals surface area (Å²) in [6, 6.07) is 10.9. The van der Waals surface area contributed by atoms with Crippen LogP contribution in [0.3, 0.4) is 0 Å². The highest BCUT2D eigenvalue weighted by atomic mass is 16.5. The molecule has 0 atom stereocenters. The van der Waals surface area contributed by atoms with Gasteiger partial charge in [-0.1, -0.05) is 0 Å². The third kappa shape index (κ3) is 4.49. The van der Waals surface area contributed by atoms with Crippen LogP contribution in [-0.2, 0) is 4.79 Å². The van der Waals surface area contributed by atoms with Crippen molar-refractivity contribution in [2.45, 2.75) is 6.92 Å². The summed E-state index contributed by atoms with van der Waals surface area (Å²) in [7, 11) is 3.16. The van der Waals surface area contributed by atoms with Crippen molar-refractivity contribution in [3.8, 4) is 17.2 Å². The van der Waals surface area contributed by atoms with Crippen LogP contribution in [0.25, 0.3) is 11.8 Å². The lowest BCUT2D eigenvalue weighted by molar-refractivity contribution is -0.111. The zero-order chi connectivity index (χ0) is 19.2. The summed E-state index contributed by atoms with van der Waals surface area (Å²) in [5.41, 5.74) is 3.26. The molecule has 1 N–H and O–H groups in total. The lowest BCUT2D eigenvalue weighted by Crippen LogP contribution is -2.08. The normalized spacial score (nSPS) is 10.8. The second-order valence-corrected chi connectivity index (χ2v) is 5.72. The minimum Gasteiger partial charge on any atom is -0.497 e. The largest absolute Gasteiger partial charge is 0.497 e. The highest BCUT2D eigenvalue weighted by Crippen LogP contribution is 2.23. The number of rotatable bonds is 6. The Kier molecular flexibility index (Phi) is 5.46. The van der Waals surface area contributed by atoms with Gasteiger partial charge in [0, 0.05) is 17.8 Å². The first-order valence-corrected chi connectivity index (χ1v) is 8.15. The highest BCUT2D eigenvalue weighted by molar-refractivity contribution is 6.02. The number of carbonyl (C=O) groups is 1. The third-order valence-electron chi connectivity index (χ3n) is 3.86. The molecule has 0 aliphatic heterocycles. The molecule has 0 radical (unpaired) electrons. The standard InChI is InChI=1S/C19H19N5O3/c1-13-8-15(5-6-18(13)24-12-20-22-23-24)21-19(25)7-4-14-9-16(26-2)11-17(10-14)27-3/h4-12H,1-3H3,(H,21,25)/b7-4+. The minimum absolute atomic E-state index is 0.244. The van der Waals surface area contributed by atoms with Crippen LogP contribution in [-0.4, -0.2) is 40.3 Å². The molecule has 138 valence electrons. The van der Waals surface area contributed by atoms with Crippen LogP contribution in [0, 0.1) is 6.92 Å². The number of methoxy groups -OCH3 is 2. The molecule has 2 aromatic carbocycles. The SMILES string of the molecule is COc1cc(/C=C/C(=O)Nc2ccc(-n3cnnn3)c(C)c2)cc(OC)c1. The summed E-state index contributed by atoms with van der Waals surface area (Å²) in [5, 5.41) is 13.9. The number of aryl methyl sites for hydroxylation is 1. The second kappa shape index (κ2) is 8.13. The molecular formula is C19H19N5O3. The van der Waals surface area contributed by atoms with Gasteiger partial charge in [0.05, 0.1) is 19.9 Å². The number of ether oxygens (including phenoxy) is 2. The van der Waals surface area contributed by atoms with Gasteiger partial charge in [-0.05, 0) is 64.9 Å². The summed E-state index contributed by atoms with van der Waals surface area (Å²) >= 11 is 0. The number of tetrazole rings is 1. The van der Waals surface area contributed by atoms with Crippen LogP contribution >= 0.6 is 0 Å². The highest BCUT2D eigenvalue weighted by Gasteiger charge is 2.06. The maximum Gasteiger partial charge on any atom is 0.248 e. The van der Waals surface area contributed by atoms with E-state index >= 15 is 0 Å². The molecule has 0 spiro atoms. The van der Waals surface area contributed by atoms with Crippen LogP contribution in [0.15, 0.2) is 48.8 Å². The van der Waals surface area contributed by atoms with E-state index in [1.165, 1.54) is 12.4 Å². The Labute approximate surface area is 156 Å². The van der Waals surface area contributed by atoms with Crippen LogP contribution in [0.5, 0.6) is 11.5 Å². The van der Waals surface area contributed by atoms with Gasteiger partial charge in [-0.3, -0.25) is 4.79 Å². The number of amides is 1. The van der Waals surface area contributed by atoms with Gasteiger partial charge in [-0.25, -0.2) is 4.68 Å². The minimum atomic E-state index is -0.244. The van der Waals surface area contributed by atoms with Crippen molar-refractivity contribution >= 4 is 17.7 Å². The Morgan fingerprint density at radius 2 is 1.85 bits per heavy atom. The zero-order valence-corrected chi connectivity index (χ0v) is 15.2. The van der Waals surface area contributed by atoms with E-state index in [0.717, 1.165) is 16.8 Å². The van der Waals surface area contributed by atoms with E-state index in [4.69, 9.17) is 9.47 Å². The van der Waals surface area contributed by atoms with E-state index in [1.54, 1.807) is 37.1 Å². The lowest BCUT2D eigenvalue weighted by Gasteiger charge is -2.08. The van der Waals surface area contributed by atoms with E-state index < -0.39 is 0 Å². The van der Waals surface area contributed by atoms with Gasteiger partial charge >= 0.3 is 0 Å². The van der Waals surface area contributed by atoms with Gasteiger partial charge in [-0.15, -0.1) is 5.10 Å². The molecule has 0 saturated heterocycles. The number of hydrogen-bond donors (Lipinski definition) is 1. The van der Waals surface area contributed by atoms with Crippen molar-refractivity contribution in [2.24, 2.45) is 0 Å². The fraction of sp³-hybridized carbons (Fsp3) is 0.158. The van der Waals surface area contributed by atoms with Gasteiger partial charge < -0.3 is 14.8 Å². The smallest absolute Gasteiger partial charge is 0.248 e. The maximum absolute atomic E-state index is 12.2. The lowest BCUT2D eigenvalue weighted by atomic mass is 10.1. The van der Waals surface area contributed by atoms with Crippen molar-refractivity contribution in [3.63, 3.8) is 0 Å². The summed E-state index contributed by atoms with van der Waals surface area (Å²) < 4.78 is 12.0. The number of anilines is 1. The molecule has 1 amide bonds. The summed E-state index contributed by atoms with van der Waals surface area (Å²) in [6.07, 6.45) is 4.67. The van der Waals surface area contributed by atoms with Gasteiger partial charge in [0.25, 0.3) is 0 Å². The number of nitrogens with one attached hydrogen (secondary N) is 1. The quantitative estimate of drug-likeness (QED) is 0.675. The molecular weight excluding hydrogens is 346 g/mol. The van der Waals surface area contributed by atoms with Crippen molar-refractivity contribution in [3.05, 3.63) is 59.9 Å². The molecule has 0 fully saturated rings. The molecule has 0 bridgehead atoms. The Balaban J connectivity index is 1.71. The Morgan fingerprint density at radius 3 is 2.44 bits per heavy atom. The van der Waals surface area contributed by atoms with Crippen molar-refractivity contribution in [1.82, 2.24) is 20.2 Å². The first-order chi connectivity index (χ1) is 13.1. The van der Waals surface area contributed by atoms with E-state index in [-0.39, 0.29) is 5.91 Å². The van der Waals surface area contributed by atoms with Crippen molar-refractivity contribution in [2.75, 3.05) is 19.5 Å². The van der Waals surface area contributed by atoms with E-state index in [9.17, 15) is 4.79 Å². The molecule has 8 nitrogen and oxygen atoms in total. The Hall–Kier alpha value is -3.68. The van der Waals surface area contributed by atoms with Crippen molar-refractivity contribution in [1.29, 1.82) is 0 Å². The van der Waals surface area contributed by atoms with E-state index in [1.807, 2.05) is 31.2 Å². The summed E-state index contributed by atoms with van der Waals surface area (Å²) in [6.45, 7) is 1.92. The van der Waals surface area contributed by atoms with Crippen LogP contribution < -0.4 is 14.8 Å². The molecule has 1 heterocycles. The van der Waals surface area contributed by atoms with Gasteiger partial charge in [0.2, 0.25) is 5.91 Å². The van der Waals surface area contributed by atoms with E-state index in [0.29, 0.717) is 17.2 Å². The number of aromatic nitrogens is 4. The molecule has 1 aromatic heterocycles. The van der Waals surface area contributed by atoms with Crippen LogP contribution in [0.4, 0.5) is 5.69 Å². The topological polar surface area (TPSA) is 91.2 Å². The number of hydrogen-bond acceptors (Lipinski definition) is 6. The molecule has 0 aliphatic rings. The molecule has 0 aliphatic carbocycles. The predicted octanol–water partition coefficient (Wildman–Crippen LogP) is 2.64. The third-order valence-corrected chi connectivity index (χ3v) is 3.86. The first-order valence-electron chi connectivity index (χ1n) is 8.15. The first kappa shape index (κ1) is 18.1. The fourth-order valence-corrected chi connectivity index (χ4v) is 2.54. The summed E-state index contributed by atoms with van der Waals surface area (Å²) in [5.74, 6) is 1.07. The van der Waals surface area contributed by atoms with Crippen LogP contribution in [0.1, 0.15) is 11.1 Å². The maximum atomic E-state index is 12.2. The van der Waals surface area contributed by atoms with Crippen molar-refractivity contribution < 1.29 is 14.3 Å². The molecule has 0 saturated carbocycles. The monoisotopic (exact) mass is 365 g/mol. The molecule has 8 heteroatoms. The Bertz CT molecular complexity index is 945. The second-order valence-electron chi connectivity index (χ2n) is 5.72.